The highest BCUT2D eigenvalue weighted by molar-refractivity contribution is 8.67. The van der Waals surface area contributed by atoms with Crippen LogP contribution in [-0.2, 0) is 27.3 Å². The van der Waals surface area contributed by atoms with Crippen molar-refractivity contribution in [2.45, 2.75) is 39.4 Å². The minimum Gasteiger partial charge on any atom is -0.338 e. The van der Waals surface area contributed by atoms with Gasteiger partial charge in [-0.05, 0) is 32.6 Å². The fourth-order valence-electron chi connectivity index (χ4n) is 1.23. The molecule has 0 aliphatic carbocycles. The summed E-state index contributed by atoms with van der Waals surface area (Å²) in [5.41, 5.74) is -2.32. The Bertz CT molecular complexity index is 404. The number of aryl methyl sites for hydroxylation is 1. The zero-order chi connectivity index (χ0) is 13.6. The molecule has 0 aliphatic rings. The molecule has 1 aromatic heterocycles. The van der Waals surface area contributed by atoms with Crippen molar-refractivity contribution < 1.29 is 13.6 Å². The summed E-state index contributed by atoms with van der Waals surface area (Å²) >= 11 is 6.91. The molecular formula is C10H19N2O3PS2. The molecule has 1 rings (SSSR count). The predicted molar refractivity (Wildman–Crippen MR) is 77.2 cm³/mol. The Morgan fingerprint density at radius 1 is 1.33 bits per heavy atom. The number of aromatic nitrogens is 2. The first-order valence-electron chi connectivity index (χ1n) is 5.94. The number of rotatable bonds is 8. The van der Waals surface area contributed by atoms with Gasteiger partial charge in [-0.15, -0.1) is 0 Å². The molecule has 0 aliphatic heterocycles. The third-order valence-corrected chi connectivity index (χ3v) is 7.70. The van der Waals surface area contributed by atoms with E-state index in [2.05, 4.69) is 10.1 Å². The SMILES string of the molecule is CCOP(=S)(OCC)SC(C)c1nc(CC)no1. The highest BCUT2D eigenvalue weighted by atomic mass is 32.9. The van der Waals surface area contributed by atoms with Crippen molar-refractivity contribution in [2.24, 2.45) is 0 Å². The lowest BCUT2D eigenvalue weighted by molar-refractivity contribution is 0.280. The lowest BCUT2D eigenvalue weighted by atomic mass is 10.4. The Hall–Kier alpha value is 0.0600. The molecule has 0 spiro atoms. The van der Waals surface area contributed by atoms with E-state index in [4.69, 9.17) is 25.4 Å². The van der Waals surface area contributed by atoms with Crippen LogP contribution in [0.4, 0.5) is 0 Å². The van der Waals surface area contributed by atoms with Gasteiger partial charge in [-0.2, -0.15) is 4.98 Å². The summed E-state index contributed by atoms with van der Waals surface area (Å²) in [6.45, 7) is 8.86. The summed E-state index contributed by atoms with van der Waals surface area (Å²) in [4.78, 5) is 4.29. The quantitative estimate of drug-likeness (QED) is 0.678. The topological polar surface area (TPSA) is 57.4 Å². The standard InChI is InChI=1S/C10H19N2O3PS2/c1-5-9-11-10(15-12-9)8(4)18-16(17,13-6-2)14-7-3/h8H,5-7H2,1-4H3. The van der Waals surface area contributed by atoms with Crippen LogP contribution in [0.15, 0.2) is 4.52 Å². The average molecular weight is 310 g/mol. The molecule has 8 heteroatoms. The van der Waals surface area contributed by atoms with Crippen LogP contribution in [0.25, 0.3) is 0 Å². The van der Waals surface area contributed by atoms with Gasteiger partial charge in [0.25, 0.3) is 0 Å². The second kappa shape index (κ2) is 7.60. The van der Waals surface area contributed by atoms with Crippen LogP contribution < -0.4 is 0 Å². The molecule has 1 heterocycles. The van der Waals surface area contributed by atoms with E-state index in [1.807, 2.05) is 27.7 Å². The van der Waals surface area contributed by atoms with E-state index in [1.54, 1.807) is 0 Å². The summed E-state index contributed by atoms with van der Waals surface area (Å²) in [6, 6.07) is 0. The van der Waals surface area contributed by atoms with Gasteiger partial charge in [-0.1, -0.05) is 23.5 Å². The van der Waals surface area contributed by atoms with E-state index in [9.17, 15) is 0 Å². The summed E-state index contributed by atoms with van der Waals surface area (Å²) in [6.07, 6.45) is 0.756. The molecule has 0 N–H and O–H groups in total. The Kier molecular flexibility index (Phi) is 6.81. The summed E-state index contributed by atoms with van der Waals surface area (Å²) in [5.74, 6) is 1.28. The molecule has 0 bridgehead atoms. The van der Waals surface area contributed by atoms with E-state index in [-0.39, 0.29) is 5.25 Å². The molecule has 0 saturated carbocycles. The molecule has 0 radical (unpaired) electrons. The number of hydrogen-bond donors (Lipinski definition) is 0. The lowest BCUT2D eigenvalue weighted by Gasteiger charge is -2.21. The highest BCUT2D eigenvalue weighted by Crippen LogP contribution is 2.65. The molecule has 5 nitrogen and oxygen atoms in total. The third-order valence-electron chi connectivity index (χ3n) is 2.01. The minimum atomic E-state index is -2.32. The highest BCUT2D eigenvalue weighted by Gasteiger charge is 2.26. The maximum absolute atomic E-state index is 5.57. The average Bonchev–Trinajstić information content (AvgIpc) is 2.77. The van der Waals surface area contributed by atoms with Crippen LogP contribution in [0.1, 0.15) is 44.7 Å². The summed E-state index contributed by atoms with van der Waals surface area (Å²) in [5, 5.41) is 3.85. The number of hydrogen-bond acceptors (Lipinski definition) is 7. The Morgan fingerprint density at radius 2 is 1.94 bits per heavy atom. The van der Waals surface area contributed by atoms with Crippen molar-refractivity contribution in [3.05, 3.63) is 11.7 Å². The van der Waals surface area contributed by atoms with E-state index in [0.717, 1.165) is 6.42 Å². The maximum Gasteiger partial charge on any atom is 0.248 e. The van der Waals surface area contributed by atoms with Gasteiger partial charge in [-0.3, -0.25) is 0 Å². The van der Waals surface area contributed by atoms with Gasteiger partial charge in [0.2, 0.25) is 11.6 Å². The van der Waals surface area contributed by atoms with Gasteiger partial charge >= 0.3 is 0 Å². The minimum absolute atomic E-state index is 0.0262. The van der Waals surface area contributed by atoms with Gasteiger partial charge in [0.15, 0.2) is 5.82 Å². The molecule has 0 amide bonds. The van der Waals surface area contributed by atoms with Crippen LogP contribution >= 0.6 is 17.1 Å². The van der Waals surface area contributed by atoms with Crippen LogP contribution in [0.2, 0.25) is 0 Å². The Labute approximate surface area is 117 Å². The van der Waals surface area contributed by atoms with Crippen molar-refractivity contribution in [3.63, 3.8) is 0 Å². The van der Waals surface area contributed by atoms with Gasteiger partial charge in [0.05, 0.1) is 18.5 Å². The van der Waals surface area contributed by atoms with E-state index in [1.165, 1.54) is 11.4 Å². The van der Waals surface area contributed by atoms with Crippen LogP contribution in [0.3, 0.4) is 0 Å². The first kappa shape index (κ1) is 16.1. The maximum atomic E-state index is 5.57. The summed E-state index contributed by atoms with van der Waals surface area (Å²) in [7, 11) is 0. The second-order valence-electron chi connectivity index (χ2n) is 3.43. The zero-order valence-corrected chi connectivity index (χ0v) is 13.6. The molecular weight excluding hydrogens is 291 g/mol. The fourth-order valence-corrected chi connectivity index (χ4v) is 6.86. The van der Waals surface area contributed by atoms with Crippen LogP contribution in [0, 0.1) is 0 Å². The van der Waals surface area contributed by atoms with Gasteiger partial charge in [0, 0.05) is 6.42 Å². The van der Waals surface area contributed by atoms with Crippen LogP contribution in [-0.4, -0.2) is 23.4 Å². The van der Waals surface area contributed by atoms with Crippen LogP contribution in [0.5, 0.6) is 0 Å². The van der Waals surface area contributed by atoms with E-state index in [0.29, 0.717) is 24.9 Å². The van der Waals surface area contributed by atoms with E-state index >= 15 is 0 Å². The molecule has 0 aromatic carbocycles. The first-order chi connectivity index (χ1) is 8.54. The summed E-state index contributed by atoms with van der Waals surface area (Å²) < 4.78 is 16.3. The van der Waals surface area contributed by atoms with Gasteiger partial charge in [0.1, 0.15) is 0 Å². The van der Waals surface area contributed by atoms with E-state index < -0.39 is 5.69 Å². The zero-order valence-electron chi connectivity index (χ0n) is 11.1. The molecule has 0 fully saturated rings. The molecule has 0 saturated heterocycles. The first-order valence-corrected chi connectivity index (χ1v) is 10.1. The molecule has 1 atom stereocenters. The smallest absolute Gasteiger partial charge is 0.248 e. The molecule has 1 unspecified atom stereocenters. The molecule has 18 heavy (non-hydrogen) atoms. The predicted octanol–water partition coefficient (Wildman–Crippen LogP) is 3.72. The molecule has 1 aromatic rings. The largest absolute Gasteiger partial charge is 0.338 e. The van der Waals surface area contributed by atoms with Gasteiger partial charge < -0.3 is 13.6 Å². The third kappa shape index (κ3) is 4.63. The van der Waals surface area contributed by atoms with Crippen molar-refractivity contribution in [1.82, 2.24) is 10.1 Å². The Balaban J connectivity index is 2.71. The lowest BCUT2D eigenvalue weighted by Crippen LogP contribution is -1.96. The van der Waals surface area contributed by atoms with Gasteiger partial charge in [-0.25, -0.2) is 0 Å². The normalized spacial score (nSPS) is 13.8. The van der Waals surface area contributed by atoms with Crippen molar-refractivity contribution >= 4 is 28.9 Å². The van der Waals surface area contributed by atoms with Crippen molar-refractivity contribution in [2.75, 3.05) is 13.2 Å². The van der Waals surface area contributed by atoms with Crippen molar-refractivity contribution in [3.8, 4) is 0 Å². The number of nitrogens with zero attached hydrogens (tertiary/aromatic N) is 2. The fraction of sp³-hybridized carbons (Fsp3) is 0.800. The Morgan fingerprint density at radius 3 is 2.39 bits per heavy atom. The monoisotopic (exact) mass is 310 g/mol. The second-order valence-corrected chi connectivity index (χ2v) is 9.97. The van der Waals surface area contributed by atoms with Crippen molar-refractivity contribution in [1.29, 1.82) is 0 Å². The molecule has 104 valence electrons.